The molecule has 2 aromatic carbocycles. The molecule has 0 aliphatic heterocycles. The zero-order chi connectivity index (χ0) is 13.4. The average Bonchev–Trinajstić information content (AvgIpc) is 3.19. The Hall–Kier alpha value is -2.03. The van der Waals surface area contributed by atoms with Crippen LogP contribution >= 0.6 is 0 Å². The number of phenolic OH excluding ortho intramolecular Hbond substituents is 1. The molecule has 2 aromatic rings. The zero-order valence-corrected chi connectivity index (χ0v) is 10.5. The maximum absolute atomic E-state index is 11.0. The number of phenols is 1. The third-order valence-electron chi connectivity index (χ3n) is 3.88. The predicted molar refractivity (Wildman–Crippen MR) is 73.3 cm³/mol. The second-order valence-electron chi connectivity index (χ2n) is 5.30. The molecule has 0 bridgehead atoms. The fourth-order valence-electron chi connectivity index (χ4n) is 2.76. The summed E-state index contributed by atoms with van der Waals surface area (Å²) in [5, 5.41) is 21.2. The minimum absolute atomic E-state index is 0.0675. The van der Waals surface area contributed by atoms with Crippen LogP contribution in [0.25, 0.3) is 10.8 Å². The molecule has 3 rings (SSSR count). The molecular weight excluding hydrogens is 240 g/mol. The molecule has 0 heterocycles. The Morgan fingerprint density at radius 2 is 1.84 bits per heavy atom. The van der Waals surface area contributed by atoms with Gasteiger partial charge in [-0.2, -0.15) is 0 Å². The molecule has 1 atom stereocenters. The van der Waals surface area contributed by atoms with Crippen LogP contribution in [0.15, 0.2) is 36.4 Å². The van der Waals surface area contributed by atoms with E-state index >= 15 is 0 Å². The van der Waals surface area contributed by atoms with E-state index in [1.54, 1.807) is 6.07 Å². The van der Waals surface area contributed by atoms with Gasteiger partial charge in [-0.25, -0.2) is 0 Å². The summed E-state index contributed by atoms with van der Waals surface area (Å²) in [5.74, 6) is -0.244. The molecule has 0 saturated heterocycles. The standard InChI is InChI=1S/C16H16O3/c17-15-8-12-4-2-1-3-11(12)7-14(15)13(9-16(18)19)10-5-6-10/h1-4,7-8,10,13,17H,5-6,9H2,(H,18,19). The van der Waals surface area contributed by atoms with E-state index in [1.165, 1.54) is 0 Å². The summed E-state index contributed by atoms with van der Waals surface area (Å²) in [7, 11) is 0. The van der Waals surface area contributed by atoms with Crippen molar-refractivity contribution in [3.8, 4) is 5.75 Å². The maximum Gasteiger partial charge on any atom is 0.303 e. The first-order chi connectivity index (χ1) is 9.15. The van der Waals surface area contributed by atoms with Gasteiger partial charge in [-0.15, -0.1) is 0 Å². The Labute approximate surface area is 111 Å². The van der Waals surface area contributed by atoms with Crippen molar-refractivity contribution in [2.24, 2.45) is 5.92 Å². The Morgan fingerprint density at radius 3 is 2.42 bits per heavy atom. The summed E-state index contributed by atoms with van der Waals surface area (Å²) in [5.41, 5.74) is 0.781. The smallest absolute Gasteiger partial charge is 0.303 e. The first kappa shape index (κ1) is 12.0. The lowest BCUT2D eigenvalue weighted by molar-refractivity contribution is -0.137. The topological polar surface area (TPSA) is 57.5 Å². The van der Waals surface area contributed by atoms with Crippen molar-refractivity contribution in [1.82, 2.24) is 0 Å². The van der Waals surface area contributed by atoms with Crippen LogP contribution in [0.1, 0.15) is 30.7 Å². The number of benzene rings is 2. The van der Waals surface area contributed by atoms with Crippen LogP contribution in [-0.4, -0.2) is 16.2 Å². The van der Waals surface area contributed by atoms with Gasteiger partial charge in [0.1, 0.15) is 5.75 Å². The fourth-order valence-corrected chi connectivity index (χ4v) is 2.76. The van der Waals surface area contributed by atoms with Crippen LogP contribution in [0, 0.1) is 5.92 Å². The van der Waals surface area contributed by atoms with Gasteiger partial charge in [0.25, 0.3) is 0 Å². The summed E-state index contributed by atoms with van der Waals surface area (Å²) < 4.78 is 0. The minimum Gasteiger partial charge on any atom is -0.508 e. The van der Waals surface area contributed by atoms with Crippen molar-refractivity contribution in [3.05, 3.63) is 42.0 Å². The molecule has 0 aromatic heterocycles. The molecule has 0 amide bonds. The number of aliphatic carboxylic acids is 1. The lowest BCUT2D eigenvalue weighted by Crippen LogP contribution is -2.08. The summed E-state index contributed by atoms with van der Waals surface area (Å²) >= 11 is 0. The van der Waals surface area contributed by atoms with Gasteiger partial charge in [-0.3, -0.25) is 4.79 Å². The molecule has 0 radical (unpaired) electrons. The number of carboxylic acid groups (broad SMARTS) is 1. The third-order valence-corrected chi connectivity index (χ3v) is 3.88. The van der Waals surface area contributed by atoms with Gasteiger partial charge >= 0.3 is 5.97 Å². The van der Waals surface area contributed by atoms with Gasteiger partial charge in [0.2, 0.25) is 0 Å². The fraction of sp³-hybridized carbons (Fsp3) is 0.312. The third kappa shape index (κ3) is 2.41. The molecule has 0 spiro atoms. The van der Waals surface area contributed by atoms with E-state index < -0.39 is 5.97 Å². The number of carboxylic acids is 1. The molecule has 1 aliphatic rings. The molecule has 3 nitrogen and oxygen atoms in total. The van der Waals surface area contributed by atoms with E-state index in [4.69, 9.17) is 5.11 Å². The molecule has 98 valence electrons. The monoisotopic (exact) mass is 256 g/mol. The molecule has 3 heteroatoms. The van der Waals surface area contributed by atoms with Crippen molar-refractivity contribution >= 4 is 16.7 Å². The van der Waals surface area contributed by atoms with Gasteiger partial charge < -0.3 is 10.2 Å². The number of carbonyl (C=O) groups is 1. The van der Waals surface area contributed by atoms with Crippen molar-refractivity contribution < 1.29 is 15.0 Å². The normalized spacial score (nSPS) is 16.4. The quantitative estimate of drug-likeness (QED) is 0.880. The molecule has 19 heavy (non-hydrogen) atoms. The number of hydrogen-bond donors (Lipinski definition) is 2. The van der Waals surface area contributed by atoms with E-state index in [0.717, 1.165) is 29.2 Å². The first-order valence-corrected chi connectivity index (χ1v) is 6.58. The molecule has 1 saturated carbocycles. The van der Waals surface area contributed by atoms with Crippen molar-refractivity contribution in [2.75, 3.05) is 0 Å². The molecule has 1 fully saturated rings. The van der Waals surface area contributed by atoms with Crippen LogP contribution in [-0.2, 0) is 4.79 Å². The highest BCUT2D eigenvalue weighted by Gasteiger charge is 2.35. The molecular formula is C16H16O3. The van der Waals surface area contributed by atoms with Gasteiger partial charge in [0.05, 0.1) is 6.42 Å². The summed E-state index contributed by atoms with van der Waals surface area (Å²) in [6.45, 7) is 0. The van der Waals surface area contributed by atoms with E-state index in [9.17, 15) is 9.90 Å². The zero-order valence-electron chi connectivity index (χ0n) is 10.5. The second-order valence-corrected chi connectivity index (χ2v) is 5.30. The van der Waals surface area contributed by atoms with E-state index in [2.05, 4.69) is 0 Å². The SMILES string of the molecule is O=C(O)CC(c1cc2ccccc2cc1O)C1CC1. The number of aromatic hydroxyl groups is 1. The van der Waals surface area contributed by atoms with Crippen LogP contribution in [0.5, 0.6) is 5.75 Å². The maximum atomic E-state index is 11.0. The number of hydrogen-bond acceptors (Lipinski definition) is 2. The highest BCUT2D eigenvalue weighted by Crippen LogP contribution is 2.47. The highest BCUT2D eigenvalue weighted by atomic mass is 16.4. The van der Waals surface area contributed by atoms with Crippen LogP contribution in [0.3, 0.4) is 0 Å². The summed E-state index contributed by atoms with van der Waals surface area (Å²) in [4.78, 5) is 11.0. The highest BCUT2D eigenvalue weighted by molar-refractivity contribution is 5.85. The second kappa shape index (κ2) is 4.57. The molecule has 1 aliphatic carbocycles. The van der Waals surface area contributed by atoms with Crippen LogP contribution in [0.2, 0.25) is 0 Å². The Morgan fingerprint density at radius 1 is 1.21 bits per heavy atom. The van der Waals surface area contributed by atoms with E-state index in [0.29, 0.717) is 5.92 Å². The predicted octanol–water partition coefficient (Wildman–Crippen LogP) is 3.51. The van der Waals surface area contributed by atoms with Crippen molar-refractivity contribution in [2.45, 2.75) is 25.2 Å². The van der Waals surface area contributed by atoms with E-state index in [-0.39, 0.29) is 18.1 Å². The molecule has 2 N–H and O–H groups in total. The Bertz CT molecular complexity index is 629. The number of fused-ring (bicyclic) bond motifs is 1. The van der Waals surface area contributed by atoms with Crippen molar-refractivity contribution in [1.29, 1.82) is 0 Å². The van der Waals surface area contributed by atoms with Crippen LogP contribution in [0.4, 0.5) is 0 Å². The van der Waals surface area contributed by atoms with Gasteiger partial charge in [-0.05, 0) is 47.2 Å². The number of rotatable bonds is 4. The lowest BCUT2D eigenvalue weighted by atomic mass is 9.89. The van der Waals surface area contributed by atoms with Gasteiger partial charge in [-0.1, -0.05) is 24.3 Å². The van der Waals surface area contributed by atoms with Crippen molar-refractivity contribution in [3.63, 3.8) is 0 Å². The largest absolute Gasteiger partial charge is 0.508 e. The van der Waals surface area contributed by atoms with Gasteiger partial charge in [0, 0.05) is 5.92 Å². The summed E-state index contributed by atoms with van der Waals surface area (Å²) in [6.07, 6.45) is 2.21. The van der Waals surface area contributed by atoms with Gasteiger partial charge in [0.15, 0.2) is 0 Å². The van der Waals surface area contributed by atoms with E-state index in [1.807, 2.05) is 30.3 Å². The molecule has 1 unspecified atom stereocenters. The Balaban J connectivity index is 2.06. The average molecular weight is 256 g/mol. The lowest BCUT2D eigenvalue weighted by Gasteiger charge is -2.17. The Kier molecular flexibility index (Phi) is 2.90. The first-order valence-electron chi connectivity index (χ1n) is 6.58. The summed E-state index contributed by atoms with van der Waals surface area (Å²) in [6, 6.07) is 11.5. The minimum atomic E-state index is -0.801. The van der Waals surface area contributed by atoms with Crippen LogP contribution < -0.4 is 0 Å².